The number of pyridine rings is 1. The summed E-state index contributed by atoms with van der Waals surface area (Å²) in [6.07, 6.45) is 8.20. The molecule has 0 radical (unpaired) electrons. The van der Waals surface area contributed by atoms with Crippen molar-refractivity contribution in [2.45, 2.75) is 64.1 Å². The molecular weight excluding hydrogens is 542 g/mol. The quantitative estimate of drug-likeness (QED) is 0.215. The van der Waals surface area contributed by atoms with Crippen LogP contribution >= 0.6 is 12.2 Å². The highest BCUT2D eigenvalue weighted by molar-refractivity contribution is 7.80. The van der Waals surface area contributed by atoms with E-state index in [2.05, 4.69) is 46.1 Å². The molecule has 1 saturated heterocycles. The summed E-state index contributed by atoms with van der Waals surface area (Å²) in [4.78, 5) is 19.5. The summed E-state index contributed by atoms with van der Waals surface area (Å²) in [7, 11) is 0. The number of anilines is 2. The van der Waals surface area contributed by atoms with Crippen LogP contribution in [-0.4, -0.2) is 27.2 Å². The van der Waals surface area contributed by atoms with Gasteiger partial charge < -0.3 is 24.8 Å². The molecule has 2 aromatic heterocycles. The minimum atomic E-state index is -0.215. The molecule has 3 heterocycles. The Hall–Kier alpha value is -4.17. The molecule has 0 spiro atoms. The van der Waals surface area contributed by atoms with E-state index >= 15 is 0 Å². The molecule has 42 heavy (non-hydrogen) atoms. The van der Waals surface area contributed by atoms with Gasteiger partial charge in [-0.3, -0.25) is 9.78 Å². The number of hydrogen-bond donors (Lipinski definition) is 2. The van der Waals surface area contributed by atoms with Gasteiger partial charge in [0.1, 0.15) is 5.75 Å². The van der Waals surface area contributed by atoms with E-state index in [-0.39, 0.29) is 24.6 Å². The summed E-state index contributed by atoms with van der Waals surface area (Å²) in [6.45, 7) is 4.42. The summed E-state index contributed by atoms with van der Waals surface area (Å²) in [6, 6.07) is 25.9. The minimum Gasteiger partial charge on any atom is -0.484 e. The predicted octanol–water partition coefficient (Wildman–Crippen LogP) is 7.20. The maximum Gasteiger partial charge on any atom is 0.262 e. The van der Waals surface area contributed by atoms with Gasteiger partial charge in [-0.25, -0.2) is 0 Å². The third-order valence-corrected chi connectivity index (χ3v) is 8.74. The Morgan fingerprint density at radius 2 is 1.74 bits per heavy atom. The smallest absolute Gasteiger partial charge is 0.262 e. The highest BCUT2D eigenvalue weighted by Crippen LogP contribution is 2.44. The fourth-order valence-corrected chi connectivity index (χ4v) is 6.87. The maximum absolute atomic E-state index is 12.5. The zero-order chi connectivity index (χ0) is 29.1. The van der Waals surface area contributed by atoms with Crippen molar-refractivity contribution in [1.29, 1.82) is 0 Å². The summed E-state index contributed by atoms with van der Waals surface area (Å²) < 4.78 is 8.14. The number of thiocarbonyl (C=S) groups is 1. The van der Waals surface area contributed by atoms with Crippen molar-refractivity contribution in [1.82, 2.24) is 14.9 Å². The number of aromatic nitrogens is 2. The van der Waals surface area contributed by atoms with Gasteiger partial charge >= 0.3 is 0 Å². The van der Waals surface area contributed by atoms with Gasteiger partial charge in [-0.2, -0.15) is 0 Å². The Morgan fingerprint density at radius 1 is 1.00 bits per heavy atom. The monoisotopic (exact) mass is 579 g/mol. The first-order chi connectivity index (χ1) is 20.5. The summed E-state index contributed by atoms with van der Waals surface area (Å²) >= 11 is 5.96. The lowest BCUT2D eigenvalue weighted by atomic mass is 9.94. The molecule has 6 rings (SSSR count). The van der Waals surface area contributed by atoms with Crippen molar-refractivity contribution >= 4 is 34.6 Å². The Bertz CT molecular complexity index is 1530. The van der Waals surface area contributed by atoms with Crippen molar-refractivity contribution in [3.63, 3.8) is 0 Å². The van der Waals surface area contributed by atoms with Crippen molar-refractivity contribution in [2.24, 2.45) is 0 Å². The number of ether oxygens (including phenoxy) is 1. The second kappa shape index (κ2) is 12.4. The van der Waals surface area contributed by atoms with Gasteiger partial charge in [0, 0.05) is 35.0 Å². The van der Waals surface area contributed by atoms with E-state index in [1.807, 2.05) is 72.9 Å². The van der Waals surface area contributed by atoms with E-state index in [0.717, 1.165) is 11.4 Å². The second-order valence-electron chi connectivity index (χ2n) is 11.2. The molecule has 216 valence electrons. The molecular formula is C34H37N5O2S. The molecule has 4 aromatic rings. The maximum atomic E-state index is 12.5. The molecule has 1 saturated carbocycles. The van der Waals surface area contributed by atoms with Crippen LogP contribution in [0.4, 0.5) is 11.4 Å². The highest BCUT2D eigenvalue weighted by atomic mass is 32.1. The number of hydrogen-bond acceptors (Lipinski definition) is 4. The van der Waals surface area contributed by atoms with E-state index in [0.29, 0.717) is 22.6 Å². The molecule has 2 N–H and O–H groups in total. The molecule has 0 bridgehead atoms. The van der Waals surface area contributed by atoms with E-state index < -0.39 is 0 Å². The van der Waals surface area contributed by atoms with Crippen LogP contribution in [0.2, 0.25) is 0 Å². The number of rotatable bonds is 8. The number of carbonyl (C=O) groups is 1. The third-order valence-electron chi connectivity index (χ3n) is 8.42. The van der Waals surface area contributed by atoms with E-state index in [1.54, 1.807) is 0 Å². The van der Waals surface area contributed by atoms with Crippen molar-refractivity contribution in [2.75, 3.05) is 16.8 Å². The first-order valence-corrected chi connectivity index (χ1v) is 15.2. The number of benzene rings is 2. The first kappa shape index (κ1) is 28.0. The third kappa shape index (κ3) is 5.77. The van der Waals surface area contributed by atoms with Crippen LogP contribution in [0.1, 0.15) is 72.9 Å². The molecule has 7 nitrogen and oxygen atoms in total. The lowest BCUT2D eigenvalue weighted by molar-refractivity contribution is -0.118. The number of para-hydroxylation sites is 1. The number of amides is 1. The van der Waals surface area contributed by atoms with Gasteiger partial charge in [0.15, 0.2) is 11.7 Å². The van der Waals surface area contributed by atoms with Gasteiger partial charge in [-0.05, 0) is 99.1 Å². The van der Waals surface area contributed by atoms with E-state index in [4.69, 9.17) is 21.9 Å². The minimum absolute atomic E-state index is 0.0592. The average molecular weight is 580 g/mol. The molecule has 1 aliphatic carbocycles. The van der Waals surface area contributed by atoms with Gasteiger partial charge in [-0.1, -0.05) is 43.5 Å². The van der Waals surface area contributed by atoms with Crippen molar-refractivity contribution in [3.05, 3.63) is 108 Å². The largest absolute Gasteiger partial charge is 0.484 e. The van der Waals surface area contributed by atoms with Crippen LogP contribution in [0, 0.1) is 13.8 Å². The highest BCUT2D eigenvalue weighted by Gasteiger charge is 2.42. The summed E-state index contributed by atoms with van der Waals surface area (Å²) in [5, 5.41) is 7.17. The fraction of sp³-hybridized carbons (Fsp3) is 0.324. The SMILES string of the molecule is Cc1cc([C@@H]2[C@H](c3ccccn3)NC(=S)N2c2ccc(NC(=O)COc3ccccc3)cc2)c(C)n1C1CCCCC1. The Morgan fingerprint density at radius 3 is 2.45 bits per heavy atom. The number of aryl methyl sites for hydroxylation is 1. The number of nitrogens with zero attached hydrogens (tertiary/aromatic N) is 3. The van der Waals surface area contributed by atoms with E-state index in [1.165, 1.54) is 49.1 Å². The fourth-order valence-electron chi connectivity index (χ4n) is 6.52. The van der Waals surface area contributed by atoms with Gasteiger partial charge in [-0.15, -0.1) is 0 Å². The molecule has 1 aliphatic heterocycles. The lowest BCUT2D eigenvalue weighted by Crippen LogP contribution is -2.29. The molecule has 2 atom stereocenters. The molecule has 1 amide bonds. The first-order valence-electron chi connectivity index (χ1n) is 14.8. The summed E-state index contributed by atoms with van der Waals surface area (Å²) in [5.74, 6) is 0.447. The second-order valence-corrected chi connectivity index (χ2v) is 11.6. The van der Waals surface area contributed by atoms with Crippen LogP contribution in [0.5, 0.6) is 5.75 Å². The predicted molar refractivity (Wildman–Crippen MR) is 171 cm³/mol. The average Bonchev–Trinajstić information content (AvgIpc) is 3.52. The molecule has 8 heteroatoms. The van der Waals surface area contributed by atoms with Gasteiger partial charge in [0.05, 0.1) is 17.8 Å². The summed E-state index contributed by atoms with van der Waals surface area (Å²) in [5.41, 5.74) is 6.46. The van der Waals surface area contributed by atoms with Crippen molar-refractivity contribution in [3.8, 4) is 5.75 Å². The molecule has 2 aromatic carbocycles. The topological polar surface area (TPSA) is 71.4 Å². The molecule has 2 fully saturated rings. The zero-order valence-corrected chi connectivity index (χ0v) is 24.9. The van der Waals surface area contributed by atoms with Crippen LogP contribution in [0.15, 0.2) is 85.1 Å². The van der Waals surface area contributed by atoms with Crippen LogP contribution in [0.3, 0.4) is 0 Å². The van der Waals surface area contributed by atoms with E-state index in [9.17, 15) is 4.79 Å². The number of nitrogens with one attached hydrogen (secondary N) is 2. The van der Waals surface area contributed by atoms with Crippen LogP contribution < -0.4 is 20.3 Å². The normalized spacial score (nSPS) is 19.0. The Kier molecular flexibility index (Phi) is 8.24. The lowest BCUT2D eigenvalue weighted by Gasteiger charge is -2.30. The Labute approximate surface area is 252 Å². The Balaban J connectivity index is 1.27. The van der Waals surface area contributed by atoms with Crippen LogP contribution in [-0.2, 0) is 4.79 Å². The molecule has 2 aliphatic rings. The number of carbonyl (C=O) groups excluding carboxylic acids is 1. The van der Waals surface area contributed by atoms with Crippen molar-refractivity contribution < 1.29 is 9.53 Å². The molecule has 0 unspecified atom stereocenters. The van der Waals surface area contributed by atoms with Gasteiger partial charge in [0.2, 0.25) is 0 Å². The van der Waals surface area contributed by atoms with Gasteiger partial charge in [0.25, 0.3) is 5.91 Å². The van der Waals surface area contributed by atoms with Crippen LogP contribution in [0.25, 0.3) is 0 Å². The zero-order valence-electron chi connectivity index (χ0n) is 24.1. The standard InChI is InChI=1S/C34H37N5O2S/c1-23-21-29(24(2)38(23)26-11-5-3-6-12-26)33-32(30-15-9-10-20-35-30)37-34(42)39(33)27-18-16-25(17-19-27)36-31(40)22-41-28-13-7-4-8-14-28/h4,7-10,13-21,26,32-33H,3,5-6,11-12,22H2,1-2H3,(H,36,40)(H,37,42)/t32-,33+/m0/s1.